The van der Waals surface area contributed by atoms with Gasteiger partial charge >= 0.3 is 0 Å². The number of fused-ring (bicyclic) bond motifs is 9. The van der Waals surface area contributed by atoms with Gasteiger partial charge in [0.1, 0.15) is 11.2 Å². The van der Waals surface area contributed by atoms with Gasteiger partial charge in [-0.2, -0.15) is 0 Å². The minimum Gasteiger partial charge on any atom is -0.456 e. The molecule has 0 saturated carbocycles. The van der Waals surface area contributed by atoms with Gasteiger partial charge in [0.15, 0.2) is 17.5 Å². The van der Waals surface area contributed by atoms with Crippen LogP contribution in [0.3, 0.4) is 0 Å². The number of nitrogens with zero attached hydrogens (tertiary/aromatic N) is 5. The lowest BCUT2D eigenvalue weighted by molar-refractivity contribution is 0.660. The third-order valence-corrected chi connectivity index (χ3v) is 13.4. The summed E-state index contributed by atoms with van der Waals surface area (Å²) in [5.41, 5.74) is 15.9. The molecule has 3 aromatic heterocycles. The van der Waals surface area contributed by atoms with E-state index in [1.807, 2.05) is 30.3 Å². The Morgan fingerprint density at radius 2 is 1.03 bits per heavy atom. The summed E-state index contributed by atoms with van der Waals surface area (Å²) in [6, 6.07) is 74.8. The maximum atomic E-state index is 6.25. The van der Waals surface area contributed by atoms with Crippen molar-refractivity contribution in [2.24, 2.45) is 0 Å². The molecule has 0 unspecified atom stereocenters. The fourth-order valence-electron chi connectivity index (χ4n) is 10.3. The summed E-state index contributed by atoms with van der Waals surface area (Å²) in [4.78, 5) is 18.4. The van der Waals surface area contributed by atoms with E-state index in [9.17, 15) is 0 Å². The summed E-state index contributed by atoms with van der Waals surface area (Å²) >= 11 is 0. The van der Waals surface area contributed by atoms with Gasteiger partial charge in [-0.1, -0.05) is 135 Å². The Balaban J connectivity index is 1.01. The van der Waals surface area contributed by atoms with Gasteiger partial charge in [0.2, 0.25) is 0 Å². The molecule has 312 valence electrons. The summed E-state index contributed by atoms with van der Waals surface area (Å²) in [7, 11) is 0. The van der Waals surface area contributed by atoms with E-state index in [0.29, 0.717) is 17.5 Å². The van der Waals surface area contributed by atoms with E-state index in [1.165, 1.54) is 27.6 Å². The van der Waals surface area contributed by atoms with Gasteiger partial charge in [0.25, 0.3) is 0 Å². The van der Waals surface area contributed by atoms with Crippen molar-refractivity contribution in [2.45, 2.75) is 19.3 Å². The summed E-state index contributed by atoms with van der Waals surface area (Å²) in [6.45, 7) is 4.66. The molecule has 6 nitrogen and oxygen atoms in total. The molecule has 13 rings (SSSR count). The van der Waals surface area contributed by atoms with Crippen molar-refractivity contribution < 1.29 is 4.42 Å². The number of anilines is 3. The van der Waals surface area contributed by atoms with Gasteiger partial charge in [-0.25, -0.2) is 15.0 Å². The number of benzene rings is 9. The van der Waals surface area contributed by atoms with E-state index >= 15 is 0 Å². The molecule has 0 aliphatic heterocycles. The first-order chi connectivity index (χ1) is 32.5. The first-order valence-corrected chi connectivity index (χ1v) is 22.4. The zero-order chi connectivity index (χ0) is 43.9. The van der Waals surface area contributed by atoms with Crippen LogP contribution < -0.4 is 4.90 Å². The zero-order valence-electron chi connectivity index (χ0n) is 36.4. The molecule has 0 saturated heterocycles. The maximum absolute atomic E-state index is 6.25. The van der Waals surface area contributed by atoms with E-state index in [1.54, 1.807) is 0 Å². The molecule has 66 heavy (non-hydrogen) atoms. The first kappa shape index (κ1) is 37.9. The molecule has 0 atom stereocenters. The van der Waals surface area contributed by atoms with E-state index in [0.717, 1.165) is 77.8 Å². The van der Waals surface area contributed by atoms with Crippen molar-refractivity contribution in [3.63, 3.8) is 0 Å². The third kappa shape index (κ3) is 5.85. The van der Waals surface area contributed by atoms with Crippen LogP contribution in [0.1, 0.15) is 25.0 Å². The minimum atomic E-state index is -0.128. The lowest BCUT2D eigenvalue weighted by Gasteiger charge is -2.29. The fourth-order valence-corrected chi connectivity index (χ4v) is 10.3. The van der Waals surface area contributed by atoms with E-state index in [2.05, 4.69) is 205 Å². The average molecular weight is 848 g/mol. The predicted octanol–water partition coefficient (Wildman–Crippen LogP) is 15.6. The van der Waals surface area contributed by atoms with Crippen LogP contribution in [-0.4, -0.2) is 19.5 Å². The van der Waals surface area contributed by atoms with Gasteiger partial charge in [0, 0.05) is 66.3 Å². The number of hydrogen-bond donors (Lipinski definition) is 0. The van der Waals surface area contributed by atoms with Gasteiger partial charge in [0.05, 0.1) is 16.7 Å². The molecule has 0 bridgehead atoms. The highest BCUT2D eigenvalue weighted by molar-refractivity contribution is 6.13. The number of aromatic nitrogens is 4. The quantitative estimate of drug-likeness (QED) is 0.160. The minimum absolute atomic E-state index is 0.128. The highest BCUT2D eigenvalue weighted by atomic mass is 16.3. The van der Waals surface area contributed by atoms with Crippen molar-refractivity contribution in [3.05, 3.63) is 223 Å². The molecule has 0 radical (unpaired) electrons. The Morgan fingerprint density at radius 1 is 0.439 bits per heavy atom. The van der Waals surface area contributed by atoms with Gasteiger partial charge in [-0.15, -0.1) is 0 Å². The van der Waals surface area contributed by atoms with Crippen LogP contribution in [0.25, 0.3) is 94.7 Å². The molecule has 9 aromatic carbocycles. The molecule has 1 aliphatic carbocycles. The van der Waals surface area contributed by atoms with E-state index in [4.69, 9.17) is 19.4 Å². The van der Waals surface area contributed by atoms with Crippen LogP contribution in [0.15, 0.2) is 217 Å². The Morgan fingerprint density at radius 3 is 1.86 bits per heavy atom. The fraction of sp³-hybridized carbons (Fsp3) is 0.0500. The molecule has 6 heteroatoms. The third-order valence-electron chi connectivity index (χ3n) is 13.4. The highest BCUT2D eigenvalue weighted by Crippen LogP contribution is 2.54. The Labute approximate surface area is 381 Å². The van der Waals surface area contributed by atoms with E-state index in [-0.39, 0.29) is 5.41 Å². The van der Waals surface area contributed by atoms with Crippen molar-refractivity contribution >= 4 is 60.8 Å². The van der Waals surface area contributed by atoms with Crippen LogP contribution in [-0.2, 0) is 5.41 Å². The van der Waals surface area contributed by atoms with Crippen LogP contribution in [0.4, 0.5) is 17.1 Å². The lowest BCUT2D eigenvalue weighted by Crippen LogP contribution is -2.16. The lowest BCUT2D eigenvalue weighted by atomic mass is 9.82. The summed E-state index contributed by atoms with van der Waals surface area (Å²) in [5, 5.41) is 4.36. The largest absolute Gasteiger partial charge is 0.456 e. The molecule has 0 spiro atoms. The van der Waals surface area contributed by atoms with Crippen LogP contribution in [0.2, 0.25) is 0 Å². The second-order valence-electron chi connectivity index (χ2n) is 17.6. The number of rotatable bonds is 7. The van der Waals surface area contributed by atoms with Crippen molar-refractivity contribution in [1.82, 2.24) is 19.5 Å². The van der Waals surface area contributed by atoms with Gasteiger partial charge in [-0.05, 0) is 108 Å². The molecule has 3 heterocycles. The second-order valence-corrected chi connectivity index (χ2v) is 17.6. The summed E-state index contributed by atoms with van der Waals surface area (Å²) < 4.78 is 8.58. The molecule has 1 aliphatic rings. The average Bonchev–Trinajstić information content (AvgIpc) is 4.00. The molecule has 0 fully saturated rings. The Bertz CT molecular complexity index is 3850. The van der Waals surface area contributed by atoms with Gasteiger partial charge < -0.3 is 13.9 Å². The van der Waals surface area contributed by atoms with Crippen molar-refractivity contribution in [1.29, 1.82) is 0 Å². The zero-order valence-corrected chi connectivity index (χ0v) is 36.4. The SMILES string of the molecule is CC1(C)c2ccccc2-c2c(N(c3ccccc3)c3ccc(-c4nc(-c5ccc6oc7ccccc7c6c5)nc(-c5cccc6c7ccccc7n(-c7ccccc7)c56)n4)cc3)cccc21. The molecular formula is C60H41N5O. The summed E-state index contributed by atoms with van der Waals surface area (Å²) in [6.07, 6.45) is 0. The second kappa shape index (κ2) is 14.7. The van der Waals surface area contributed by atoms with Crippen LogP contribution in [0.5, 0.6) is 0 Å². The van der Waals surface area contributed by atoms with E-state index < -0.39 is 0 Å². The Kier molecular flexibility index (Phi) is 8.46. The standard InChI is InChI=1S/C60H41N5O/c1-60(2)49-26-12-9-23-46(49)55-50(60)27-16-29-52(55)64(40-17-5-3-6-18-40)42-34-31-38(32-35-42)57-61-58(39-33-36-54-48(37-39)44-22-11-14-30-53(44)66-54)63-59(62-57)47-25-15-24-45-43-21-10-13-28-51(43)65(56(45)47)41-19-7-4-8-20-41/h3-37H,1-2H3. The van der Waals surface area contributed by atoms with Crippen LogP contribution in [0, 0.1) is 0 Å². The smallest absolute Gasteiger partial charge is 0.166 e. The van der Waals surface area contributed by atoms with Crippen LogP contribution >= 0.6 is 0 Å². The molecule has 0 N–H and O–H groups in total. The normalized spacial score (nSPS) is 12.8. The summed E-state index contributed by atoms with van der Waals surface area (Å²) in [5.74, 6) is 1.76. The maximum Gasteiger partial charge on any atom is 0.166 e. The number of para-hydroxylation sites is 5. The molecule has 0 amide bonds. The molecule has 12 aromatic rings. The molecular weight excluding hydrogens is 807 g/mol. The highest BCUT2D eigenvalue weighted by Gasteiger charge is 2.37. The Hall–Kier alpha value is -8.61. The topological polar surface area (TPSA) is 60.0 Å². The number of furan rings is 1. The predicted molar refractivity (Wildman–Crippen MR) is 270 cm³/mol. The van der Waals surface area contributed by atoms with Crippen molar-refractivity contribution in [3.8, 4) is 51.0 Å². The van der Waals surface area contributed by atoms with Gasteiger partial charge in [-0.3, -0.25) is 0 Å². The monoisotopic (exact) mass is 847 g/mol. The van der Waals surface area contributed by atoms with Crippen molar-refractivity contribution in [2.75, 3.05) is 4.90 Å². The first-order valence-electron chi connectivity index (χ1n) is 22.4. The number of hydrogen-bond acceptors (Lipinski definition) is 5.